The summed E-state index contributed by atoms with van der Waals surface area (Å²) >= 11 is 6.35. The maximum Gasteiger partial charge on any atom is 0.137 e. The van der Waals surface area contributed by atoms with Gasteiger partial charge in [0.25, 0.3) is 0 Å². The average Bonchev–Trinajstić information content (AvgIpc) is 2.86. The molecule has 1 aliphatic heterocycles. The fourth-order valence-electron chi connectivity index (χ4n) is 2.77. The van der Waals surface area contributed by atoms with Crippen LogP contribution < -0.4 is 4.74 Å². The van der Waals surface area contributed by atoms with E-state index in [1.807, 2.05) is 37.3 Å². The van der Waals surface area contributed by atoms with E-state index in [-0.39, 0.29) is 0 Å². The second-order valence-corrected chi connectivity index (χ2v) is 5.58. The van der Waals surface area contributed by atoms with Crippen molar-refractivity contribution in [3.8, 4) is 5.75 Å². The lowest BCUT2D eigenvalue weighted by Crippen LogP contribution is -2.05. The Morgan fingerprint density at radius 2 is 1.95 bits per heavy atom. The van der Waals surface area contributed by atoms with Gasteiger partial charge in [-0.3, -0.25) is 0 Å². The van der Waals surface area contributed by atoms with Gasteiger partial charge in [0, 0.05) is 27.6 Å². The van der Waals surface area contributed by atoms with Gasteiger partial charge in [0.1, 0.15) is 17.9 Å². The van der Waals surface area contributed by atoms with Gasteiger partial charge < -0.3 is 9.15 Å². The molecule has 21 heavy (non-hydrogen) atoms. The van der Waals surface area contributed by atoms with Crippen molar-refractivity contribution in [3.63, 3.8) is 0 Å². The highest BCUT2D eigenvalue weighted by Gasteiger charge is 2.19. The van der Waals surface area contributed by atoms with Crippen LogP contribution >= 0.6 is 11.6 Å². The second kappa shape index (κ2) is 4.68. The highest BCUT2D eigenvalue weighted by molar-refractivity contribution is 6.32. The SMILES string of the molecule is Cc1coc2cc3c(cc12)C(c1ccccc1Cl)=CCO3. The Hall–Kier alpha value is -2.19. The Kier molecular flexibility index (Phi) is 2.79. The third-order valence-electron chi connectivity index (χ3n) is 3.85. The molecule has 0 spiro atoms. The van der Waals surface area contributed by atoms with E-state index in [2.05, 4.69) is 12.1 Å². The Balaban J connectivity index is 1.97. The monoisotopic (exact) mass is 296 g/mol. The van der Waals surface area contributed by atoms with Crippen LogP contribution in [0.25, 0.3) is 16.5 Å². The second-order valence-electron chi connectivity index (χ2n) is 5.17. The number of furan rings is 1. The third-order valence-corrected chi connectivity index (χ3v) is 4.18. The summed E-state index contributed by atoms with van der Waals surface area (Å²) in [7, 11) is 0. The molecule has 0 unspecified atom stereocenters. The smallest absolute Gasteiger partial charge is 0.137 e. The molecule has 3 heteroatoms. The summed E-state index contributed by atoms with van der Waals surface area (Å²) in [6.07, 6.45) is 3.85. The third kappa shape index (κ3) is 1.95. The zero-order valence-electron chi connectivity index (χ0n) is 11.5. The molecule has 0 N–H and O–H groups in total. The van der Waals surface area contributed by atoms with Crippen LogP contribution in [0.5, 0.6) is 5.75 Å². The molecule has 0 saturated carbocycles. The van der Waals surface area contributed by atoms with Crippen molar-refractivity contribution < 1.29 is 9.15 Å². The first-order valence-corrected chi connectivity index (χ1v) is 7.22. The van der Waals surface area contributed by atoms with Gasteiger partial charge in [-0.1, -0.05) is 29.8 Å². The Morgan fingerprint density at radius 3 is 2.81 bits per heavy atom. The van der Waals surface area contributed by atoms with Gasteiger partial charge >= 0.3 is 0 Å². The molecule has 1 aliphatic rings. The van der Waals surface area contributed by atoms with E-state index in [1.54, 1.807) is 6.26 Å². The molecule has 0 atom stereocenters. The summed E-state index contributed by atoms with van der Waals surface area (Å²) in [6.45, 7) is 2.58. The molecular formula is C18H13ClO2. The first kappa shape index (κ1) is 12.5. The number of hydrogen-bond acceptors (Lipinski definition) is 2. The highest BCUT2D eigenvalue weighted by atomic mass is 35.5. The molecule has 0 saturated heterocycles. The minimum Gasteiger partial charge on any atom is -0.489 e. The molecule has 4 rings (SSSR count). The lowest BCUT2D eigenvalue weighted by molar-refractivity contribution is 0.357. The molecule has 104 valence electrons. The molecule has 2 aromatic carbocycles. The van der Waals surface area contributed by atoms with Gasteiger partial charge in [-0.25, -0.2) is 0 Å². The summed E-state index contributed by atoms with van der Waals surface area (Å²) in [5, 5.41) is 1.86. The van der Waals surface area contributed by atoms with Gasteiger partial charge in [0.15, 0.2) is 0 Å². The van der Waals surface area contributed by atoms with Crippen LogP contribution in [0, 0.1) is 6.92 Å². The Morgan fingerprint density at radius 1 is 1.10 bits per heavy atom. The molecule has 1 aromatic heterocycles. The largest absolute Gasteiger partial charge is 0.489 e. The van der Waals surface area contributed by atoms with Gasteiger partial charge in [-0.15, -0.1) is 0 Å². The minimum atomic E-state index is 0.540. The molecular weight excluding hydrogens is 284 g/mol. The van der Waals surface area contributed by atoms with E-state index in [0.29, 0.717) is 6.61 Å². The van der Waals surface area contributed by atoms with Crippen LogP contribution in [0.4, 0.5) is 0 Å². The summed E-state index contributed by atoms with van der Waals surface area (Å²) in [5.74, 6) is 0.842. The molecule has 3 aromatic rings. The first-order chi connectivity index (χ1) is 10.2. The van der Waals surface area contributed by atoms with E-state index in [4.69, 9.17) is 20.8 Å². The van der Waals surface area contributed by atoms with E-state index in [0.717, 1.165) is 44.0 Å². The maximum absolute atomic E-state index is 6.35. The van der Waals surface area contributed by atoms with Crippen molar-refractivity contribution in [1.29, 1.82) is 0 Å². The molecule has 0 amide bonds. The lowest BCUT2D eigenvalue weighted by Gasteiger charge is -2.19. The zero-order chi connectivity index (χ0) is 14.4. The van der Waals surface area contributed by atoms with E-state index in [1.165, 1.54) is 0 Å². The molecule has 0 fully saturated rings. The number of rotatable bonds is 1. The quantitative estimate of drug-likeness (QED) is 0.614. The number of benzene rings is 2. The average molecular weight is 297 g/mol. The highest BCUT2D eigenvalue weighted by Crippen LogP contribution is 2.40. The first-order valence-electron chi connectivity index (χ1n) is 6.84. The van der Waals surface area contributed by atoms with Crippen molar-refractivity contribution >= 4 is 28.1 Å². The van der Waals surface area contributed by atoms with Crippen molar-refractivity contribution in [2.75, 3.05) is 6.61 Å². The van der Waals surface area contributed by atoms with Crippen LogP contribution in [0.3, 0.4) is 0 Å². The van der Waals surface area contributed by atoms with Crippen molar-refractivity contribution in [3.05, 3.63) is 70.5 Å². The summed E-state index contributed by atoms with van der Waals surface area (Å²) in [5.41, 5.74) is 5.18. The van der Waals surface area contributed by atoms with Crippen LogP contribution in [0.2, 0.25) is 5.02 Å². The molecule has 2 heterocycles. The number of halogens is 1. The number of hydrogen-bond donors (Lipinski definition) is 0. The van der Waals surface area contributed by atoms with Gasteiger partial charge in [-0.05, 0) is 36.3 Å². The topological polar surface area (TPSA) is 22.4 Å². The van der Waals surface area contributed by atoms with Crippen LogP contribution in [-0.4, -0.2) is 6.61 Å². The summed E-state index contributed by atoms with van der Waals surface area (Å²) in [4.78, 5) is 0. The van der Waals surface area contributed by atoms with Crippen molar-refractivity contribution in [1.82, 2.24) is 0 Å². The van der Waals surface area contributed by atoms with Crippen LogP contribution in [-0.2, 0) is 0 Å². The lowest BCUT2D eigenvalue weighted by atomic mass is 9.94. The molecule has 2 nitrogen and oxygen atoms in total. The van der Waals surface area contributed by atoms with Crippen LogP contribution in [0.1, 0.15) is 16.7 Å². The van der Waals surface area contributed by atoms with Crippen LogP contribution in [0.15, 0.2) is 53.2 Å². The van der Waals surface area contributed by atoms with Crippen molar-refractivity contribution in [2.45, 2.75) is 6.92 Å². The predicted octanol–water partition coefficient (Wildman–Crippen LogP) is 5.22. The van der Waals surface area contributed by atoms with E-state index in [9.17, 15) is 0 Å². The fourth-order valence-corrected chi connectivity index (χ4v) is 3.01. The number of ether oxygens (including phenoxy) is 1. The van der Waals surface area contributed by atoms with Gasteiger partial charge in [-0.2, -0.15) is 0 Å². The summed E-state index contributed by atoms with van der Waals surface area (Å²) < 4.78 is 11.3. The number of aryl methyl sites for hydroxylation is 1. The normalized spacial score (nSPS) is 13.7. The van der Waals surface area contributed by atoms with Gasteiger partial charge in [0.05, 0.1) is 6.26 Å². The zero-order valence-corrected chi connectivity index (χ0v) is 12.3. The van der Waals surface area contributed by atoms with Crippen molar-refractivity contribution in [2.24, 2.45) is 0 Å². The van der Waals surface area contributed by atoms with E-state index < -0.39 is 0 Å². The Bertz CT molecular complexity index is 874. The fraction of sp³-hybridized carbons (Fsp3) is 0.111. The minimum absolute atomic E-state index is 0.540. The number of fused-ring (bicyclic) bond motifs is 2. The van der Waals surface area contributed by atoms with Gasteiger partial charge in [0.2, 0.25) is 0 Å². The van der Waals surface area contributed by atoms with E-state index >= 15 is 0 Å². The molecule has 0 radical (unpaired) electrons. The molecule has 0 bridgehead atoms. The Labute approximate surface area is 127 Å². The standard InChI is InChI=1S/C18H13ClO2/c1-11-10-21-17-9-18-15(8-14(11)17)12(6-7-20-18)13-4-2-3-5-16(13)19/h2-6,8-10H,7H2,1H3. The molecule has 0 aliphatic carbocycles. The maximum atomic E-state index is 6.35. The summed E-state index contributed by atoms with van der Waals surface area (Å²) in [6, 6.07) is 12.0. The predicted molar refractivity (Wildman–Crippen MR) is 85.0 cm³/mol.